The maximum atomic E-state index is 12.7. The summed E-state index contributed by atoms with van der Waals surface area (Å²) in [6.07, 6.45) is 0.125. The number of methoxy groups -OCH3 is 1. The first-order chi connectivity index (χ1) is 16.8. The molecule has 1 atom stereocenters. The Kier molecular flexibility index (Phi) is 7.90. The number of carbonyl (C=O) groups is 2. The fourth-order valence-electron chi connectivity index (χ4n) is 3.65. The average Bonchev–Trinajstić information content (AvgIpc) is 3.24. The second-order valence-electron chi connectivity index (χ2n) is 7.89. The van der Waals surface area contributed by atoms with Crippen molar-refractivity contribution in [2.24, 2.45) is 5.92 Å². The predicted molar refractivity (Wildman–Crippen MR) is 137 cm³/mol. The van der Waals surface area contributed by atoms with E-state index in [0.717, 1.165) is 5.56 Å². The Morgan fingerprint density at radius 1 is 1.00 bits per heavy atom. The van der Waals surface area contributed by atoms with Crippen molar-refractivity contribution in [1.82, 2.24) is 5.43 Å². The normalized spacial score (nSPS) is 15.1. The van der Waals surface area contributed by atoms with Gasteiger partial charge in [-0.05, 0) is 48.5 Å². The summed E-state index contributed by atoms with van der Waals surface area (Å²) in [7, 11) is 1.52. The number of halogens is 3. The molecule has 3 aromatic carbocycles. The molecule has 2 N–H and O–H groups in total. The van der Waals surface area contributed by atoms with Gasteiger partial charge in [0.05, 0.1) is 18.7 Å². The molecule has 1 aliphatic rings. The molecule has 3 aromatic rings. The van der Waals surface area contributed by atoms with Gasteiger partial charge >= 0.3 is 0 Å². The van der Waals surface area contributed by atoms with Crippen molar-refractivity contribution in [2.75, 3.05) is 24.0 Å². The molecule has 0 aromatic heterocycles. The summed E-state index contributed by atoms with van der Waals surface area (Å²) in [5, 5.41) is 1.64. The van der Waals surface area contributed by atoms with Gasteiger partial charge in [-0.15, -0.1) is 0 Å². The number of nitrogens with one attached hydrogen (secondary N) is 2. The molecule has 0 aliphatic carbocycles. The van der Waals surface area contributed by atoms with E-state index in [4.69, 9.17) is 44.3 Å². The highest BCUT2D eigenvalue weighted by Crippen LogP contribution is 2.32. The Morgan fingerprint density at radius 2 is 1.74 bits per heavy atom. The van der Waals surface area contributed by atoms with Gasteiger partial charge < -0.3 is 14.4 Å². The summed E-state index contributed by atoms with van der Waals surface area (Å²) in [5.74, 6) is 0.0944. The van der Waals surface area contributed by atoms with Crippen LogP contribution in [-0.2, 0) is 16.2 Å². The molecule has 0 radical (unpaired) electrons. The first-order valence-electron chi connectivity index (χ1n) is 10.7. The smallest absolute Gasteiger partial charge is 0.243 e. The van der Waals surface area contributed by atoms with Crippen molar-refractivity contribution in [3.05, 3.63) is 81.3 Å². The zero-order chi connectivity index (χ0) is 24.9. The maximum absolute atomic E-state index is 12.7. The largest absolute Gasteiger partial charge is 0.493 e. The minimum absolute atomic E-state index is 0.114. The molecule has 0 bridgehead atoms. The van der Waals surface area contributed by atoms with Crippen LogP contribution in [0.2, 0.25) is 15.1 Å². The van der Waals surface area contributed by atoms with E-state index in [1.54, 1.807) is 65.6 Å². The van der Waals surface area contributed by atoms with Gasteiger partial charge in [0.25, 0.3) is 0 Å². The average molecular weight is 535 g/mol. The Morgan fingerprint density at radius 3 is 2.46 bits per heavy atom. The molecule has 1 heterocycles. The molecule has 1 aliphatic heterocycles. The van der Waals surface area contributed by atoms with Crippen molar-refractivity contribution in [3.8, 4) is 11.5 Å². The third-order valence-corrected chi connectivity index (χ3v) is 6.36. The van der Waals surface area contributed by atoms with Crippen LogP contribution in [0.4, 0.5) is 11.4 Å². The van der Waals surface area contributed by atoms with Gasteiger partial charge in [0.2, 0.25) is 11.8 Å². The highest BCUT2D eigenvalue weighted by Gasteiger charge is 2.35. The monoisotopic (exact) mass is 533 g/mol. The van der Waals surface area contributed by atoms with Crippen molar-refractivity contribution >= 4 is 58.0 Å². The van der Waals surface area contributed by atoms with Crippen molar-refractivity contribution in [1.29, 1.82) is 0 Å². The first-order valence-corrected chi connectivity index (χ1v) is 11.8. The minimum Gasteiger partial charge on any atom is -0.493 e. The van der Waals surface area contributed by atoms with E-state index in [1.807, 2.05) is 0 Å². The topological polar surface area (TPSA) is 79.9 Å². The number of hydrazine groups is 1. The van der Waals surface area contributed by atoms with Crippen molar-refractivity contribution < 1.29 is 19.1 Å². The number of hydrogen-bond acceptors (Lipinski definition) is 5. The molecule has 2 amide bonds. The zero-order valence-corrected chi connectivity index (χ0v) is 21.0. The van der Waals surface area contributed by atoms with Gasteiger partial charge in [-0.1, -0.05) is 40.9 Å². The molecule has 0 saturated carbocycles. The summed E-state index contributed by atoms with van der Waals surface area (Å²) in [6.45, 7) is 0.521. The second-order valence-corrected chi connectivity index (χ2v) is 9.17. The third-order valence-electron chi connectivity index (χ3n) is 5.53. The zero-order valence-electron chi connectivity index (χ0n) is 18.7. The summed E-state index contributed by atoms with van der Waals surface area (Å²) >= 11 is 18.1. The number of anilines is 2. The van der Waals surface area contributed by atoms with Gasteiger partial charge in [0.15, 0.2) is 11.5 Å². The van der Waals surface area contributed by atoms with Crippen LogP contribution in [0.25, 0.3) is 0 Å². The molecule has 1 fully saturated rings. The fraction of sp³-hybridized carbons (Fsp3) is 0.200. The Bertz CT molecular complexity index is 1240. The van der Waals surface area contributed by atoms with Crippen LogP contribution < -0.4 is 25.2 Å². The van der Waals surface area contributed by atoms with E-state index in [2.05, 4.69) is 10.9 Å². The number of ether oxygens (including phenoxy) is 2. The molecule has 7 nitrogen and oxygen atoms in total. The van der Waals surface area contributed by atoms with Crippen LogP contribution in [0.5, 0.6) is 11.5 Å². The maximum Gasteiger partial charge on any atom is 0.243 e. The van der Waals surface area contributed by atoms with Gasteiger partial charge in [0.1, 0.15) is 6.61 Å². The molecule has 182 valence electrons. The number of carbonyl (C=O) groups excluding carboxylic acids is 2. The number of amides is 2. The van der Waals surface area contributed by atoms with E-state index < -0.39 is 5.92 Å². The number of rotatable bonds is 8. The Hall–Kier alpha value is -3.13. The lowest BCUT2D eigenvalue weighted by Crippen LogP contribution is -2.36. The van der Waals surface area contributed by atoms with Crippen LogP contribution >= 0.6 is 34.8 Å². The summed E-state index contributed by atoms with van der Waals surface area (Å²) in [6, 6.07) is 17.3. The van der Waals surface area contributed by atoms with Crippen LogP contribution in [-0.4, -0.2) is 25.5 Å². The highest BCUT2D eigenvalue weighted by atomic mass is 35.5. The lowest BCUT2D eigenvalue weighted by molar-refractivity contribution is -0.125. The van der Waals surface area contributed by atoms with Crippen LogP contribution in [0.15, 0.2) is 60.7 Å². The van der Waals surface area contributed by atoms with Crippen molar-refractivity contribution in [2.45, 2.75) is 13.0 Å². The SMILES string of the molecule is COc1cc(NNC(=O)[C@H]2CC(=O)N(c3ccc(Cl)cc3)C2)ccc1OCc1ccc(Cl)cc1Cl. The first kappa shape index (κ1) is 25.0. The molecule has 1 saturated heterocycles. The van der Waals surface area contributed by atoms with E-state index in [1.165, 1.54) is 7.11 Å². The standard InChI is InChI=1S/C25H22Cl3N3O4/c1-34-23-12-19(6-9-22(23)35-14-15-2-3-18(27)11-21(15)28)29-30-25(33)16-10-24(32)31(13-16)20-7-4-17(26)5-8-20/h2-9,11-12,16,29H,10,13-14H2,1H3,(H,30,33)/t16-/m0/s1. The van der Waals surface area contributed by atoms with Gasteiger partial charge in [-0.3, -0.25) is 20.4 Å². The van der Waals surface area contributed by atoms with Crippen LogP contribution in [0, 0.1) is 5.92 Å². The summed E-state index contributed by atoms with van der Waals surface area (Å²) in [5.41, 5.74) is 7.62. The fourth-order valence-corrected chi connectivity index (χ4v) is 4.24. The van der Waals surface area contributed by atoms with Gasteiger partial charge in [-0.2, -0.15) is 0 Å². The van der Waals surface area contributed by atoms with Crippen LogP contribution in [0.3, 0.4) is 0 Å². The quantitative estimate of drug-likeness (QED) is 0.361. The van der Waals surface area contributed by atoms with Crippen molar-refractivity contribution in [3.63, 3.8) is 0 Å². The van der Waals surface area contributed by atoms with E-state index in [0.29, 0.717) is 37.9 Å². The lowest BCUT2D eigenvalue weighted by atomic mass is 10.1. The van der Waals surface area contributed by atoms with Gasteiger partial charge in [0, 0.05) is 45.4 Å². The lowest BCUT2D eigenvalue weighted by Gasteiger charge is -2.17. The minimum atomic E-state index is -0.487. The Labute approximate surface area is 217 Å². The molecular weight excluding hydrogens is 513 g/mol. The molecule has 35 heavy (non-hydrogen) atoms. The van der Waals surface area contributed by atoms with Gasteiger partial charge in [-0.25, -0.2) is 0 Å². The highest BCUT2D eigenvalue weighted by molar-refractivity contribution is 6.35. The molecule has 10 heteroatoms. The summed E-state index contributed by atoms with van der Waals surface area (Å²) in [4.78, 5) is 26.7. The second kappa shape index (κ2) is 11.1. The number of hydrogen-bond donors (Lipinski definition) is 2. The Balaban J connectivity index is 1.34. The molecule has 4 rings (SSSR count). The number of benzene rings is 3. The third kappa shape index (κ3) is 6.11. The van der Waals surface area contributed by atoms with E-state index in [9.17, 15) is 9.59 Å². The molecular formula is C25H22Cl3N3O4. The van der Waals surface area contributed by atoms with E-state index in [-0.39, 0.29) is 31.4 Å². The van der Waals surface area contributed by atoms with Crippen LogP contribution in [0.1, 0.15) is 12.0 Å². The summed E-state index contributed by atoms with van der Waals surface area (Å²) < 4.78 is 11.3. The molecule has 0 unspecified atom stereocenters. The number of nitrogens with zero attached hydrogens (tertiary/aromatic N) is 1. The van der Waals surface area contributed by atoms with E-state index >= 15 is 0 Å². The predicted octanol–water partition coefficient (Wildman–Crippen LogP) is 5.73. The molecule has 0 spiro atoms.